The first-order chi connectivity index (χ1) is 13.3. The number of ether oxygens (including phenoxy) is 1. The molecular weight excluding hydrogens is 358 g/mol. The quantitative estimate of drug-likeness (QED) is 0.636. The number of urea groups is 1. The third-order valence-electron chi connectivity index (χ3n) is 3.75. The molecular formula is C21H25N3O4. The highest BCUT2D eigenvalue weighted by molar-refractivity contribution is 6.00. The van der Waals surface area contributed by atoms with Gasteiger partial charge in [0.15, 0.2) is 6.10 Å². The number of anilines is 2. The number of nitrogens with one attached hydrogen (secondary N) is 3. The van der Waals surface area contributed by atoms with Crippen LogP contribution in [-0.2, 0) is 9.53 Å². The van der Waals surface area contributed by atoms with Gasteiger partial charge in [0.05, 0.1) is 5.56 Å². The molecule has 0 fully saturated rings. The van der Waals surface area contributed by atoms with Crippen LogP contribution in [0.3, 0.4) is 0 Å². The second kappa shape index (κ2) is 10.1. The Bertz CT molecular complexity index is 804. The van der Waals surface area contributed by atoms with Crippen molar-refractivity contribution in [3.63, 3.8) is 0 Å². The minimum Gasteiger partial charge on any atom is -0.449 e. The molecule has 7 heteroatoms. The first-order valence-electron chi connectivity index (χ1n) is 9.07. The molecule has 2 aromatic rings. The number of carbonyl (C=O) groups is 3. The molecule has 7 nitrogen and oxygen atoms in total. The van der Waals surface area contributed by atoms with E-state index in [2.05, 4.69) is 16.0 Å². The zero-order chi connectivity index (χ0) is 20.5. The number of hydrogen-bond acceptors (Lipinski definition) is 4. The van der Waals surface area contributed by atoms with E-state index >= 15 is 0 Å². The van der Waals surface area contributed by atoms with E-state index in [1.165, 1.54) is 19.1 Å². The molecule has 2 aromatic carbocycles. The van der Waals surface area contributed by atoms with E-state index in [9.17, 15) is 14.4 Å². The van der Waals surface area contributed by atoms with Gasteiger partial charge in [-0.15, -0.1) is 0 Å². The molecule has 0 aliphatic carbocycles. The summed E-state index contributed by atoms with van der Waals surface area (Å²) >= 11 is 0. The second-order valence-corrected chi connectivity index (χ2v) is 6.71. The third-order valence-corrected chi connectivity index (χ3v) is 3.75. The number of rotatable bonds is 7. The van der Waals surface area contributed by atoms with Crippen LogP contribution in [0.15, 0.2) is 54.6 Å². The highest BCUT2D eigenvalue weighted by atomic mass is 16.5. The van der Waals surface area contributed by atoms with Crippen molar-refractivity contribution >= 4 is 29.3 Å². The largest absolute Gasteiger partial charge is 0.449 e. The molecule has 0 aromatic heterocycles. The number of amides is 3. The van der Waals surface area contributed by atoms with Crippen molar-refractivity contribution < 1.29 is 19.1 Å². The van der Waals surface area contributed by atoms with Gasteiger partial charge >= 0.3 is 12.0 Å². The smallest absolute Gasteiger partial charge is 0.338 e. The van der Waals surface area contributed by atoms with Crippen molar-refractivity contribution in [1.82, 2.24) is 5.32 Å². The Balaban J connectivity index is 1.86. The third kappa shape index (κ3) is 6.75. The molecule has 148 valence electrons. The van der Waals surface area contributed by atoms with Crippen LogP contribution >= 0.6 is 0 Å². The molecule has 3 amide bonds. The topological polar surface area (TPSA) is 96.5 Å². The lowest BCUT2D eigenvalue weighted by molar-refractivity contribution is -0.129. The molecule has 3 N–H and O–H groups in total. The first kappa shape index (κ1) is 21.0. The molecule has 0 heterocycles. The number of hydrogen-bond donors (Lipinski definition) is 3. The van der Waals surface area contributed by atoms with Crippen molar-refractivity contribution in [3.8, 4) is 0 Å². The summed E-state index contributed by atoms with van der Waals surface area (Å²) in [5.74, 6) is -0.628. The minimum atomic E-state index is -0.888. The zero-order valence-corrected chi connectivity index (χ0v) is 16.2. The van der Waals surface area contributed by atoms with Crippen molar-refractivity contribution in [1.29, 1.82) is 0 Å². The van der Waals surface area contributed by atoms with Gasteiger partial charge in [-0.25, -0.2) is 9.59 Å². The van der Waals surface area contributed by atoms with Crippen LogP contribution in [-0.4, -0.2) is 30.6 Å². The Morgan fingerprint density at radius 2 is 1.43 bits per heavy atom. The lowest BCUT2D eigenvalue weighted by Gasteiger charge is -2.14. The molecule has 28 heavy (non-hydrogen) atoms. The molecule has 0 aliphatic heterocycles. The Hall–Kier alpha value is -3.35. The summed E-state index contributed by atoms with van der Waals surface area (Å²) in [5.41, 5.74) is 1.48. The predicted octanol–water partition coefficient (Wildman–Crippen LogP) is 3.65. The van der Waals surface area contributed by atoms with Crippen molar-refractivity contribution in [3.05, 3.63) is 60.2 Å². The standard InChI is InChI=1S/C21H25N3O4/c1-14(2)13-22-19(25)15(3)28-20(26)16-9-11-18(12-10-16)24-21(27)23-17-7-5-4-6-8-17/h4-12,14-15H,13H2,1-3H3,(H,22,25)(H2,23,24,27). The molecule has 0 aliphatic rings. The van der Waals surface area contributed by atoms with Gasteiger partial charge in [0.2, 0.25) is 0 Å². The lowest BCUT2D eigenvalue weighted by Crippen LogP contribution is -2.37. The number of para-hydroxylation sites is 1. The molecule has 0 spiro atoms. The van der Waals surface area contributed by atoms with Crippen molar-refractivity contribution in [2.45, 2.75) is 26.9 Å². The molecule has 0 saturated heterocycles. The Morgan fingerprint density at radius 1 is 0.857 bits per heavy atom. The Kier molecular flexibility index (Phi) is 7.56. The SMILES string of the molecule is CC(C)CNC(=O)C(C)OC(=O)c1ccc(NC(=O)Nc2ccccc2)cc1. The monoisotopic (exact) mass is 383 g/mol. The molecule has 0 saturated carbocycles. The second-order valence-electron chi connectivity index (χ2n) is 6.71. The van der Waals surface area contributed by atoms with Crippen molar-refractivity contribution in [2.75, 3.05) is 17.2 Å². The molecule has 1 atom stereocenters. The van der Waals surface area contributed by atoms with Gasteiger partial charge in [-0.3, -0.25) is 4.79 Å². The molecule has 1 unspecified atom stereocenters. The maximum atomic E-state index is 12.2. The Labute approximate surface area is 164 Å². The van der Waals surface area contributed by atoms with Crippen LogP contribution in [0.1, 0.15) is 31.1 Å². The minimum absolute atomic E-state index is 0.289. The summed E-state index contributed by atoms with van der Waals surface area (Å²) in [7, 11) is 0. The maximum absolute atomic E-state index is 12.2. The number of benzene rings is 2. The van der Waals surface area contributed by atoms with Crippen LogP contribution in [0.5, 0.6) is 0 Å². The summed E-state index contributed by atoms with van der Waals surface area (Å²) in [4.78, 5) is 36.0. The summed E-state index contributed by atoms with van der Waals surface area (Å²) in [6.07, 6.45) is -0.888. The van der Waals surface area contributed by atoms with Gasteiger partial charge in [0.25, 0.3) is 5.91 Å². The van der Waals surface area contributed by atoms with Crippen LogP contribution < -0.4 is 16.0 Å². The summed E-state index contributed by atoms with van der Waals surface area (Å²) in [6.45, 7) is 6.00. The zero-order valence-electron chi connectivity index (χ0n) is 16.2. The predicted molar refractivity (Wildman–Crippen MR) is 108 cm³/mol. The van der Waals surface area contributed by atoms with E-state index in [0.717, 1.165) is 0 Å². The van der Waals surface area contributed by atoms with E-state index in [1.54, 1.807) is 24.3 Å². The average Bonchev–Trinajstić information content (AvgIpc) is 2.67. The van der Waals surface area contributed by atoms with Crippen LogP contribution in [0.2, 0.25) is 0 Å². The fourth-order valence-electron chi connectivity index (χ4n) is 2.24. The van der Waals surface area contributed by atoms with E-state index in [4.69, 9.17) is 4.74 Å². The number of carbonyl (C=O) groups excluding carboxylic acids is 3. The van der Waals surface area contributed by atoms with E-state index in [-0.39, 0.29) is 11.5 Å². The van der Waals surface area contributed by atoms with E-state index in [0.29, 0.717) is 23.8 Å². The molecule has 0 bridgehead atoms. The highest BCUT2D eigenvalue weighted by Crippen LogP contribution is 2.13. The first-order valence-corrected chi connectivity index (χ1v) is 9.07. The van der Waals surface area contributed by atoms with Gasteiger partial charge in [-0.05, 0) is 49.2 Å². The van der Waals surface area contributed by atoms with Crippen LogP contribution in [0, 0.1) is 5.92 Å². The van der Waals surface area contributed by atoms with Crippen molar-refractivity contribution in [2.24, 2.45) is 5.92 Å². The number of esters is 1. The molecule has 0 radical (unpaired) electrons. The fraction of sp³-hybridized carbons (Fsp3) is 0.286. The highest BCUT2D eigenvalue weighted by Gasteiger charge is 2.18. The average molecular weight is 383 g/mol. The summed E-state index contributed by atoms with van der Waals surface area (Å²) in [5, 5.41) is 8.10. The maximum Gasteiger partial charge on any atom is 0.338 e. The summed E-state index contributed by atoms with van der Waals surface area (Å²) in [6, 6.07) is 14.9. The van der Waals surface area contributed by atoms with Gasteiger partial charge in [-0.2, -0.15) is 0 Å². The molecule has 2 rings (SSSR count). The van der Waals surface area contributed by atoms with Crippen LogP contribution in [0.25, 0.3) is 0 Å². The van der Waals surface area contributed by atoms with Crippen LogP contribution in [0.4, 0.5) is 16.2 Å². The van der Waals surface area contributed by atoms with Gasteiger partial charge < -0.3 is 20.7 Å². The Morgan fingerprint density at radius 3 is 2.00 bits per heavy atom. The summed E-state index contributed by atoms with van der Waals surface area (Å²) < 4.78 is 5.18. The normalized spacial score (nSPS) is 11.4. The van der Waals surface area contributed by atoms with Gasteiger partial charge in [0, 0.05) is 17.9 Å². The van der Waals surface area contributed by atoms with Gasteiger partial charge in [-0.1, -0.05) is 32.0 Å². The lowest BCUT2D eigenvalue weighted by atomic mass is 10.2. The van der Waals surface area contributed by atoms with Gasteiger partial charge in [0.1, 0.15) is 0 Å². The van der Waals surface area contributed by atoms with E-state index in [1.807, 2.05) is 32.0 Å². The fourth-order valence-corrected chi connectivity index (χ4v) is 2.24. The van der Waals surface area contributed by atoms with E-state index < -0.39 is 18.1 Å².